The lowest BCUT2D eigenvalue weighted by Crippen LogP contribution is -2.44. The quantitative estimate of drug-likeness (QED) is 0.586. The fourth-order valence-corrected chi connectivity index (χ4v) is 0.740. The van der Waals surface area contributed by atoms with Gasteiger partial charge < -0.3 is 15.2 Å². The van der Waals surface area contributed by atoms with Gasteiger partial charge >= 0.3 is 0 Å². The van der Waals surface area contributed by atoms with E-state index < -0.39 is 0 Å². The van der Waals surface area contributed by atoms with Crippen molar-refractivity contribution in [2.45, 2.75) is 39.3 Å². The number of aliphatic hydroxyl groups is 1. The Labute approximate surface area is 75.1 Å². The highest BCUT2D eigenvalue weighted by molar-refractivity contribution is 4.75. The molecule has 0 atom stereocenters. The molecule has 3 nitrogen and oxygen atoms in total. The van der Waals surface area contributed by atoms with E-state index in [-0.39, 0.29) is 18.2 Å². The molecule has 0 aromatic rings. The Bertz CT molecular complexity index is 113. The van der Waals surface area contributed by atoms with Crippen molar-refractivity contribution in [1.82, 2.24) is 5.32 Å². The molecule has 0 saturated carbocycles. The molecular formula is C9H21NO2. The smallest absolute Gasteiger partial charge is 0.0607 e. The lowest BCUT2D eigenvalue weighted by molar-refractivity contribution is 0.0732. The van der Waals surface area contributed by atoms with Crippen molar-refractivity contribution < 1.29 is 9.84 Å². The molecule has 12 heavy (non-hydrogen) atoms. The van der Waals surface area contributed by atoms with Gasteiger partial charge in [0.25, 0.3) is 0 Å². The van der Waals surface area contributed by atoms with E-state index in [4.69, 9.17) is 9.84 Å². The van der Waals surface area contributed by atoms with Gasteiger partial charge in [-0.25, -0.2) is 0 Å². The normalized spacial score (nSPS) is 12.5. The summed E-state index contributed by atoms with van der Waals surface area (Å²) in [7, 11) is 0. The van der Waals surface area contributed by atoms with Crippen molar-refractivity contribution in [1.29, 1.82) is 0 Å². The zero-order chi connectivity index (χ0) is 9.61. The molecule has 0 saturated heterocycles. The van der Waals surface area contributed by atoms with Gasteiger partial charge in [-0.3, -0.25) is 0 Å². The van der Waals surface area contributed by atoms with Crippen LogP contribution in [-0.4, -0.2) is 36.5 Å². The summed E-state index contributed by atoms with van der Waals surface area (Å²) >= 11 is 0. The molecule has 0 bridgehead atoms. The maximum atomic E-state index is 8.90. The summed E-state index contributed by atoms with van der Waals surface area (Å²) in [6, 6.07) is 0. The van der Waals surface area contributed by atoms with Gasteiger partial charge in [-0.2, -0.15) is 0 Å². The van der Waals surface area contributed by atoms with Crippen molar-refractivity contribution in [3.63, 3.8) is 0 Å². The van der Waals surface area contributed by atoms with E-state index in [1.807, 2.05) is 27.7 Å². The minimum Gasteiger partial charge on any atom is -0.394 e. The standard InChI is InChI=1S/C9H21NO2/c1-8(2)12-6-5-10-9(3,4)7-11/h8,10-11H,5-7H2,1-4H3. The first kappa shape index (κ1) is 11.9. The average molecular weight is 175 g/mol. The minimum absolute atomic E-state index is 0.147. The average Bonchev–Trinajstić information content (AvgIpc) is 1.98. The third-order valence-electron chi connectivity index (χ3n) is 1.55. The maximum Gasteiger partial charge on any atom is 0.0607 e. The fraction of sp³-hybridized carbons (Fsp3) is 1.00. The molecule has 74 valence electrons. The summed E-state index contributed by atoms with van der Waals surface area (Å²) in [5, 5.41) is 12.1. The van der Waals surface area contributed by atoms with Crippen LogP contribution in [0.5, 0.6) is 0 Å². The SMILES string of the molecule is CC(C)OCCNC(C)(C)CO. The van der Waals surface area contributed by atoms with Gasteiger partial charge in [-0.1, -0.05) is 0 Å². The Morgan fingerprint density at radius 3 is 2.42 bits per heavy atom. The second-order valence-corrected chi connectivity index (χ2v) is 3.89. The molecule has 3 heteroatoms. The van der Waals surface area contributed by atoms with Crippen LogP contribution in [0.25, 0.3) is 0 Å². The lowest BCUT2D eigenvalue weighted by atomic mass is 10.1. The summed E-state index contributed by atoms with van der Waals surface area (Å²) in [6.45, 7) is 9.57. The van der Waals surface area contributed by atoms with E-state index in [0.717, 1.165) is 6.54 Å². The molecule has 2 N–H and O–H groups in total. The van der Waals surface area contributed by atoms with Gasteiger partial charge in [0.05, 0.1) is 19.3 Å². The van der Waals surface area contributed by atoms with Gasteiger partial charge in [0.1, 0.15) is 0 Å². The highest BCUT2D eigenvalue weighted by Gasteiger charge is 2.13. The fourth-order valence-electron chi connectivity index (χ4n) is 0.740. The van der Waals surface area contributed by atoms with Crippen molar-refractivity contribution in [2.75, 3.05) is 19.8 Å². The van der Waals surface area contributed by atoms with Crippen LogP contribution in [0.3, 0.4) is 0 Å². The van der Waals surface area contributed by atoms with Gasteiger partial charge in [-0.15, -0.1) is 0 Å². The van der Waals surface area contributed by atoms with E-state index in [2.05, 4.69) is 5.32 Å². The van der Waals surface area contributed by atoms with Gasteiger partial charge in [-0.05, 0) is 27.7 Å². The summed E-state index contributed by atoms with van der Waals surface area (Å²) in [6.07, 6.45) is 0.282. The van der Waals surface area contributed by atoms with Crippen LogP contribution in [0.2, 0.25) is 0 Å². The highest BCUT2D eigenvalue weighted by Crippen LogP contribution is 1.98. The molecule has 0 unspecified atom stereocenters. The van der Waals surface area contributed by atoms with Crippen molar-refractivity contribution in [2.24, 2.45) is 0 Å². The second-order valence-electron chi connectivity index (χ2n) is 3.89. The zero-order valence-electron chi connectivity index (χ0n) is 8.55. The van der Waals surface area contributed by atoms with Crippen LogP contribution in [0, 0.1) is 0 Å². The molecule has 0 fully saturated rings. The molecule has 0 heterocycles. The molecule has 0 aliphatic rings. The van der Waals surface area contributed by atoms with E-state index >= 15 is 0 Å². The number of aliphatic hydroxyl groups excluding tert-OH is 1. The molecule has 0 spiro atoms. The molecular weight excluding hydrogens is 154 g/mol. The predicted octanol–water partition coefficient (Wildman–Crippen LogP) is 0.772. The van der Waals surface area contributed by atoms with E-state index in [9.17, 15) is 0 Å². The summed E-state index contributed by atoms with van der Waals surface area (Å²) in [5.74, 6) is 0. The van der Waals surface area contributed by atoms with Gasteiger partial charge in [0, 0.05) is 12.1 Å². The number of hydrogen-bond acceptors (Lipinski definition) is 3. The minimum atomic E-state index is -0.194. The van der Waals surface area contributed by atoms with Crippen molar-refractivity contribution in [3.05, 3.63) is 0 Å². The second kappa shape index (κ2) is 5.51. The van der Waals surface area contributed by atoms with Crippen LogP contribution in [0.1, 0.15) is 27.7 Å². The van der Waals surface area contributed by atoms with E-state index in [1.54, 1.807) is 0 Å². The van der Waals surface area contributed by atoms with Crippen LogP contribution < -0.4 is 5.32 Å². The maximum absolute atomic E-state index is 8.90. The Hall–Kier alpha value is -0.120. The van der Waals surface area contributed by atoms with Crippen LogP contribution in [0.4, 0.5) is 0 Å². The van der Waals surface area contributed by atoms with Crippen LogP contribution in [0.15, 0.2) is 0 Å². The van der Waals surface area contributed by atoms with Crippen molar-refractivity contribution >= 4 is 0 Å². The molecule has 0 amide bonds. The van der Waals surface area contributed by atoms with E-state index in [0.29, 0.717) is 6.61 Å². The third kappa shape index (κ3) is 6.58. The molecule has 0 aromatic heterocycles. The number of ether oxygens (including phenoxy) is 1. The molecule has 0 rings (SSSR count). The number of hydrogen-bond donors (Lipinski definition) is 2. The zero-order valence-corrected chi connectivity index (χ0v) is 8.55. The number of rotatable bonds is 6. The van der Waals surface area contributed by atoms with Crippen molar-refractivity contribution in [3.8, 4) is 0 Å². The third-order valence-corrected chi connectivity index (χ3v) is 1.55. The number of nitrogens with one attached hydrogen (secondary N) is 1. The first-order valence-electron chi connectivity index (χ1n) is 4.45. The first-order chi connectivity index (χ1) is 5.48. The molecule has 0 aromatic carbocycles. The molecule has 0 radical (unpaired) electrons. The van der Waals surface area contributed by atoms with Crippen LogP contribution in [-0.2, 0) is 4.74 Å². The summed E-state index contributed by atoms with van der Waals surface area (Å²) < 4.78 is 5.34. The monoisotopic (exact) mass is 175 g/mol. The Morgan fingerprint density at radius 1 is 1.42 bits per heavy atom. The van der Waals surface area contributed by atoms with Gasteiger partial charge in [0.2, 0.25) is 0 Å². The van der Waals surface area contributed by atoms with Crippen LogP contribution >= 0.6 is 0 Å². The largest absolute Gasteiger partial charge is 0.394 e. The van der Waals surface area contributed by atoms with Gasteiger partial charge in [0.15, 0.2) is 0 Å². The topological polar surface area (TPSA) is 41.5 Å². The highest BCUT2D eigenvalue weighted by atomic mass is 16.5. The summed E-state index contributed by atoms with van der Waals surface area (Å²) in [4.78, 5) is 0. The molecule has 0 aliphatic heterocycles. The predicted molar refractivity (Wildman–Crippen MR) is 50.3 cm³/mol. The summed E-state index contributed by atoms with van der Waals surface area (Å²) in [5.41, 5.74) is -0.194. The van der Waals surface area contributed by atoms with E-state index in [1.165, 1.54) is 0 Å². The Morgan fingerprint density at radius 2 is 2.00 bits per heavy atom. The Kier molecular flexibility index (Phi) is 5.46. The molecule has 0 aliphatic carbocycles. The lowest BCUT2D eigenvalue weighted by Gasteiger charge is -2.23. The first-order valence-corrected chi connectivity index (χ1v) is 4.45. The Balaban J connectivity index is 3.31.